The number of hydroxylamine groups is 1. The molecular weight excluding hydrogens is 486 g/mol. The number of likely N-dealkylation sites (tertiary alicyclic amines) is 1. The summed E-state index contributed by atoms with van der Waals surface area (Å²) in [7, 11) is -3.96. The Labute approximate surface area is 210 Å². The quantitative estimate of drug-likeness (QED) is 0.394. The maximum absolute atomic E-state index is 13.2. The second-order valence-corrected chi connectivity index (χ2v) is 11.8. The molecule has 3 rings (SSSR count). The van der Waals surface area contributed by atoms with Crippen molar-refractivity contribution in [3.63, 3.8) is 0 Å². The van der Waals surface area contributed by atoms with Crippen LogP contribution in [0, 0.1) is 5.41 Å². The van der Waals surface area contributed by atoms with Crippen molar-refractivity contribution < 1.29 is 32.7 Å². The summed E-state index contributed by atoms with van der Waals surface area (Å²) in [5.41, 5.74) is 0.353. The molecule has 0 atom stereocenters. The third-order valence-corrected chi connectivity index (χ3v) is 7.85. The van der Waals surface area contributed by atoms with E-state index in [0.29, 0.717) is 11.3 Å². The van der Waals surface area contributed by atoms with Crippen molar-refractivity contribution >= 4 is 33.4 Å². The van der Waals surface area contributed by atoms with E-state index in [4.69, 9.17) is 4.74 Å². The van der Waals surface area contributed by atoms with Crippen LogP contribution in [0.4, 0.5) is 10.5 Å². The van der Waals surface area contributed by atoms with Gasteiger partial charge in [0.05, 0.1) is 16.1 Å². The fourth-order valence-electron chi connectivity index (χ4n) is 3.98. The molecule has 0 aliphatic carbocycles. The van der Waals surface area contributed by atoms with Gasteiger partial charge in [0.2, 0.25) is 0 Å². The second-order valence-electron chi connectivity index (χ2n) is 9.79. The normalized spacial score (nSPS) is 15.6. The third-order valence-electron chi connectivity index (χ3n) is 5.93. The van der Waals surface area contributed by atoms with Crippen LogP contribution >= 0.6 is 0 Å². The monoisotopic (exact) mass is 517 g/mol. The lowest BCUT2D eigenvalue weighted by Gasteiger charge is -2.40. The van der Waals surface area contributed by atoms with Crippen LogP contribution in [0.5, 0.6) is 0 Å². The Hall–Kier alpha value is -3.44. The number of anilines is 1. The number of benzene rings is 2. The number of amides is 3. The number of sulfone groups is 1. The van der Waals surface area contributed by atoms with E-state index in [1.165, 1.54) is 29.2 Å². The van der Waals surface area contributed by atoms with E-state index in [9.17, 15) is 28.0 Å². The summed E-state index contributed by atoms with van der Waals surface area (Å²) in [5.74, 6) is -1.70. The zero-order chi connectivity index (χ0) is 26.6. The predicted octanol–water partition coefficient (Wildman–Crippen LogP) is 3.24. The molecule has 0 unspecified atom stereocenters. The minimum atomic E-state index is -3.96. The maximum atomic E-state index is 13.2. The van der Waals surface area contributed by atoms with Crippen molar-refractivity contribution in [1.29, 1.82) is 0 Å². The average Bonchev–Trinajstić information content (AvgIpc) is 2.83. The molecule has 3 amide bonds. The molecule has 0 aromatic heterocycles. The van der Waals surface area contributed by atoms with E-state index in [1.54, 1.807) is 56.6 Å². The summed E-state index contributed by atoms with van der Waals surface area (Å²) >= 11 is 0. The van der Waals surface area contributed by atoms with Crippen LogP contribution in [-0.2, 0) is 19.4 Å². The van der Waals surface area contributed by atoms with Gasteiger partial charge < -0.3 is 15.0 Å². The van der Waals surface area contributed by atoms with Crippen molar-refractivity contribution in [2.75, 3.05) is 24.2 Å². The molecule has 0 spiro atoms. The second kappa shape index (κ2) is 10.7. The van der Waals surface area contributed by atoms with Gasteiger partial charge in [-0.25, -0.2) is 18.7 Å². The first kappa shape index (κ1) is 27.2. The lowest BCUT2D eigenvalue weighted by atomic mass is 9.79. The summed E-state index contributed by atoms with van der Waals surface area (Å²) in [4.78, 5) is 38.7. The number of rotatable bonds is 6. The van der Waals surface area contributed by atoms with Gasteiger partial charge in [0.1, 0.15) is 5.60 Å². The zero-order valence-corrected chi connectivity index (χ0v) is 21.3. The topological polar surface area (TPSA) is 142 Å². The van der Waals surface area contributed by atoms with Crippen LogP contribution in [-0.4, -0.2) is 60.9 Å². The number of hydrogen-bond donors (Lipinski definition) is 3. The molecule has 1 saturated heterocycles. The number of ether oxygens (including phenoxy) is 1. The summed E-state index contributed by atoms with van der Waals surface area (Å²) in [6.07, 6.45) is -0.483. The fourth-order valence-corrected chi connectivity index (χ4v) is 5.85. The van der Waals surface area contributed by atoms with E-state index in [0.717, 1.165) is 0 Å². The molecule has 10 nitrogen and oxygen atoms in total. The SMILES string of the molecule is CC(C)(C)OC(=O)N1CCC(CS(=O)(=O)c2ccc(NC(=O)c3ccccc3)cc2)(C(=O)NO)CC1. The average molecular weight is 518 g/mol. The first-order chi connectivity index (χ1) is 16.8. The van der Waals surface area contributed by atoms with Gasteiger partial charge in [-0.3, -0.25) is 14.8 Å². The lowest BCUT2D eigenvalue weighted by molar-refractivity contribution is -0.141. The molecule has 1 heterocycles. The van der Waals surface area contributed by atoms with Gasteiger partial charge in [-0.15, -0.1) is 0 Å². The molecule has 1 aliphatic rings. The maximum Gasteiger partial charge on any atom is 0.410 e. The molecule has 0 radical (unpaired) electrons. The molecule has 194 valence electrons. The summed E-state index contributed by atoms with van der Waals surface area (Å²) in [5, 5.41) is 12.0. The van der Waals surface area contributed by atoms with E-state index < -0.39 is 38.6 Å². The predicted molar refractivity (Wildman–Crippen MR) is 132 cm³/mol. The molecule has 1 fully saturated rings. The van der Waals surface area contributed by atoms with Crippen LogP contribution < -0.4 is 10.8 Å². The number of piperidine rings is 1. The highest BCUT2D eigenvalue weighted by atomic mass is 32.2. The largest absolute Gasteiger partial charge is 0.444 e. The van der Waals surface area contributed by atoms with Gasteiger partial charge in [-0.05, 0) is 70.0 Å². The third kappa shape index (κ3) is 6.61. The van der Waals surface area contributed by atoms with Crippen LogP contribution in [0.1, 0.15) is 44.0 Å². The van der Waals surface area contributed by atoms with E-state index >= 15 is 0 Å². The summed E-state index contributed by atoms with van der Waals surface area (Å²) in [6, 6.07) is 14.2. The van der Waals surface area contributed by atoms with Crippen molar-refractivity contribution in [1.82, 2.24) is 10.4 Å². The Bertz CT molecular complexity index is 1200. The van der Waals surface area contributed by atoms with Crippen LogP contribution in [0.25, 0.3) is 0 Å². The molecular formula is C25H31N3O7S. The van der Waals surface area contributed by atoms with Gasteiger partial charge in [0.15, 0.2) is 9.84 Å². The van der Waals surface area contributed by atoms with Crippen molar-refractivity contribution in [3.8, 4) is 0 Å². The first-order valence-electron chi connectivity index (χ1n) is 11.5. The number of nitrogens with zero attached hydrogens (tertiary/aromatic N) is 1. The number of carbonyl (C=O) groups excluding carboxylic acids is 3. The molecule has 0 bridgehead atoms. The first-order valence-corrected chi connectivity index (χ1v) is 13.1. The van der Waals surface area contributed by atoms with Gasteiger partial charge in [-0.2, -0.15) is 0 Å². The van der Waals surface area contributed by atoms with E-state index in [2.05, 4.69) is 5.32 Å². The summed E-state index contributed by atoms with van der Waals surface area (Å²) in [6.45, 7) is 5.42. The standard InChI is InChI=1S/C25H31N3O7S/c1-24(2,3)35-23(31)28-15-13-25(14-16-28,22(30)27-32)17-36(33,34)20-11-9-19(10-12-20)26-21(29)18-7-5-4-6-8-18/h4-12,32H,13-17H2,1-3H3,(H,26,29)(H,27,30). The number of nitrogens with one attached hydrogen (secondary N) is 2. The van der Waals surface area contributed by atoms with Gasteiger partial charge >= 0.3 is 6.09 Å². The van der Waals surface area contributed by atoms with Gasteiger partial charge in [0.25, 0.3) is 11.8 Å². The lowest BCUT2D eigenvalue weighted by Crippen LogP contribution is -2.53. The minimum Gasteiger partial charge on any atom is -0.444 e. The Morgan fingerprint density at radius 3 is 2.11 bits per heavy atom. The Morgan fingerprint density at radius 1 is 1.00 bits per heavy atom. The fraction of sp³-hybridized carbons (Fsp3) is 0.400. The van der Waals surface area contributed by atoms with Crippen LogP contribution in [0.15, 0.2) is 59.5 Å². The number of hydrogen-bond acceptors (Lipinski definition) is 7. The molecule has 1 aliphatic heterocycles. The smallest absolute Gasteiger partial charge is 0.410 e. The highest BCUT2D eigenvalue weighted by Crippen LogP contribution is 2.36. The molecule has 0 saturated carbocycles. The van der Waals surface area contributed by atoms with Gasteiger partial charge in [-0.1, -0.05) is 18.2 Å². The van der Waals surface area contributed by atoms with Crippen LogP contribution in [0.2, 0.25) is 0 Å². The molecule has 2 aromatic carbocycles. The van der Waals surface area contributed by atoms with Crippen LogP contribution in [0.3, 0.4) is 0 Å². The van der Waals surface area contributed by atoms with E-state index in [-0.39, 0.29) is 36.7 Å². The highest BCUT2D eigenvalue weighted by molar-refractivity contribution is 7.91. The van der Waals surface area contributed by atoms with Crippen molar-refractivity contribution in [2.24, 2.45) is 5.41 Å². The molecule has 3 N–H and O–H groups in total. The minimum absolute atomic E-state index is 0.0279. The van der Waals surface area contributed by atoms with E-state index in [1.807, 2.05) is 0 Å². The highest BCUT2D eigenvalue weighted by Gasteiger charge is 2.46. The zero-order valence-electron chi connectivity index (χ0n) is 20.5. The Kier molecular flexibility index (Phi) is 8.05. The van der Waals surface area contributed by atoms with Crippen molar-refractivity contribution in [3.05, 3.63) is 60.2 Å². The number of carbonyl (C=O) groups is 3. The summed E-state index contributed by atoms with van der Waals surface area (Å²) < 4.78 is 31.8. The van der Waals surface area contributed by atoms with Crippen molar-refractivity contribution in [2.45, 2.75) is 44.1 Å². The molecule has 11 heteroatoms. The molecule has 2 aromatic rings. The Balaban J connectivity index is 1.72. The van der Waals surface area contributed by atoms with Gasteiger partial charge in [0, 0.05) is 24.3 Å². The molecule has 36 heavy (non-hydrogen) atoms. The Morgan fingerprint density at radius 2 is 1.58 bits per heavy atom.